The number of hydrogen-bond acceptors (Lipinski definition) is 3. The van der Waals surface area contributed by atoms with Gasteiger partial charge in [-0.3, -0.25) is 0 Å². The molecule has 7 heteroatoms. The summed E-state index contributed by atoms with van der Waals surface area (Å²) in [4.78, 5) is 0. The predicted molar refractivity (Wildman–Crippen MR) is 93.6 cm³/mol. The maximum atomic E-state index is 12.4. The Labute approximate surface area is 146 Å². The second-order valence-electron chi connectivity index (χ2n) is 5.04. The van der Waals surface area contributed by atoms with Gasteiger partial charge in [-0.05, 0) is 25.1 Å². The number of hydrogen-bond donors (Lipinski definition) is 1. The summed E-state index contributed by atoms with van der Waals surface area (Å²) in [5.41, 5.74) is 1.14. The number of rotatable bonds is 6. The van der Waals surface area contributed by atoms with Crippen LogP contribution in [0.25, 0.3) is 0 Å². The molecule has 23 heavy (non-hydrogen) atoms. The average molecular weight is 374 g/mol. The molecule has 0 saturated carbocycles. The summed E-state index contributed by atoms with van der Waals surface area (Å²) >= 11 is 12.1. The molecule has 0 amide bonds. The lowest BCUT2D eigenvalue weighted by Crippen LogP contribution is -2.28. The van der Waals surface area contributed by atoms with Gasteiger partial charge in [0.1, 0.15) is 5.75 Å². The van der Waals surface area contributed by atoms with E-state index < -0.39 is 16.1 Å². The van der Waals surface area contributed by atoms with Gasteiger partial charge in [-0.15, -0.1) is 0 Å². The smallest absolute Gasteiger partial charge is 0.216 e. The molecule has 0 radical (unpaired) electrons. The Morgan fingerprint density at radius 2 is 1.70 bits per heavy atom. The van der Waals surface area contributed by atoms with Crippen LogP contribution in [-0.4, -0.2) is 15.5 Å². The molecule has 0 aliphatic carbocycles. The number of para-hydroxylation sites is 1. The molecule has 1 N–H and O–H groups in total. The van der Waals surface area contributed by atoms with Gasteiger partial charge in [0, 0.05) is 27.2 Å². The minimum atomic E-state index is -3.63. The van der Waals surface area contributed by atoms with E-state index in [-0.39, 0.29) is 5.75 Å². The van der Waals surface area contributed by atoms with Crippen LogP contribution in [0.2, 0.25) is 10.0 Å². The molecule has 0 aliphatic heterocycles. The molecule has 2 rings (SSSR count). The second-order valence-corrected chi connectivity index (χ2v) is 7.61. The van der Waals surface area contributed by atoms with Gasteiger partial charge in [0.25, 0.3) is 0 Å². The summed E-state index contributed by atoms with van der Waals surface area (Å²) in [5, 5.41) is 0.653. The second kappa shape index (κ2) is 7.53. The summed E-state index contributed by atoms with van der Waals surface area (Å²) < 4.78 is 32.7. The lowest BCUT2D eigenvalue weighted by atomic mass is 10.1. The van der Waals surface area contributed by atoms with Gasteiger partial charge < -0.3 is 4.74 Å². The zero-order chi connectivity index (χ0) is 17.0. The topological polar surface area (TPSA) is 55.4 Å². The monoisotopic (exact) mass is 373 g/mol. The van der Waals surface area contributed by atoms with Crippen LogP contribution in [0.1, 0.15) is 24.1 Å². The fourth-order valence-corrected chi connectivity index (χ4v) is 4.39. The Morgan fingerprint density at radius 1 is 1.09 bits per heavy atom. The van der Waals surface area contributed by atoms with E-state index in [2.05, 4.69) is 4.72 Å². The molecule has 0 fully saturated rings. The fourth-order valence-electron chi connectivity index (χ4n) is 2.26. The summed E-state index contributed by atoms with van der Waals surface area (Å²) in [6.07, 6.45) is 0. The van der Waals surface area contributed by atoms with Crippen molar-refractivity contribution in [2.45, 2.75) is 18.7 Å². The molecule has 0 saturated heterocycles. The summed E-state index contributed by atoms with van der Waals surface area (Å²) in [6.45, 7) is 1.75. The third kappa shape index (κ3) is 4.61. The summed E-state index contributed by atoms with van der Waals surface area (Å²) in [6, 6.07) is 11.7. The van der Waals surface area contributed by atoms with Gasteiger partial charge >= 0.3 is 0 Å². The third-order valence-electron chi connectivity index (χ3n) is 3.36. The zero-order valence-corrected chi connectivity index (χ0v) is 15.0. The van der Waals surface area contributed by atoms with Crippen molar-refractivity contribution >= 4 is 33.2 Å². The molecule has 0 bridgehead atoms. The Balaban J connectivity index is 2.21. The van der Waals surface area contributed by atoms with Crippen LogP contribution in [0.15, 0.2) is 42.5 Å². The SMILES string of the molecule is COc1ccccc1[C@H](C)NS(=O)(=O)Cc1c(Cl)cccc1Cl. The largest absolute Gasteiger partial charge is 0.496 e. The molecule has 0 heterocycles. The number of methoxy groups -OCH3 is 1. The Kier molecular flexibility index (Phi) is 5.92. The lowest BCUT2D eigenvalue weighted by Gasteiger charge is -2.18. The standard InChI is InChI=1S/C16H17Cl2NO3S/c1-11(12-6-3-4-9-16(12)22-2)19-23(20,21)10-13-14(17)7-5-8-15(13)18/h3-9,11,19H,10H2,1-2H3/t11-/m0/s1. The van der Waals surface area contributed by atoms with Gasteiger partial charge in [0.05, 0.1) is 12.9 Å². The van der Waals surface area contributed by atoms with E-state index >= 15 is 0 Å². The van der Waals surface area contributed by atoms with Gasteiger partial charge in [-0.1, -0.05) is 47.5 Å². The summed E-state index contributed by atoms with van der Waals surface area (Å²) in [7, 11) is -2.08. The van der Waals surface area contributed by atoms with E-state index in [9.17, 15) is 8.42 Å². The number of halogens is 2. The summed E-state index contributed by atoms with van der Waals surface area (Å²) in [5.74, 6) is 0.337. The minimum absolute atomic E-state index is 0.287. The first-order valence-electron chi connectivity index (χ1n) is 6.90. The first kappa shape index (κ1) is 18.1. The van der Waals surface area contributed by atoms with Crippen LogP contribution >= 0.6 is 23.2 Å². The highest BCUT2D eigenvalue weighted by atomic mass is 35.5. The molecular weight excluding hydrogens is 357 g/mol. The molecule has 0 aromatic heterocycles. The third-order valence-corrected chi connectivity index (χ3v) is 5.45. The van der Waals surface area contributed by atoms with Crippen molar-refractivity contribution < 1.29 is 13.2 Å². The van der Waals surface area contributed by atoms with Crippen LogP contribution in [0.5, 0.6) is 5.75 Å². The van der Waals surface area contributed by atoms with E-state index in [1.54, 1.807) is 38.3 Å². The number of benzene rings is 2. The van der Waals surface area contributed by atoms with Crippen molar-refractivity contribution in [3.63, 3.8) is 0 Å². The number of sulfonamides is 1. The van der Waals surface area contributed by atoms with E-state index in [4.69, 9.17) is 27.9 Å². The van der Waals surface area contributed by atoms with Crippen molar-refractivity contribution in [1.82, 2.24) is 4.72 Å². The van der Waals surface area contributed by atoms with Crippen molar-refractivity contribution in [3.05, 3.63) is 63.6 Å². The Hall–Kier alpha value is -1.27. The minimum Gasteiger partial charge on any atom is -0.496 e. The quantitative estimate of drug-likeness (QED) is 0.825. The molecular formula is C16H17Cl2NO3S. The maximum Gasteiger partial charge on any atom is 0.216 e. The highest BCUT2D eigenvalue weighted by Gasteiger charge is 2.21. The normalized spacial score (nSPS) is 12.9. The van der Waals surface area contributed by atoms with E-state index in [1.807, 2.05) is 18.2 Å². The molecule has 1 atom stereocenters. The molecule has 4 nitrogen and oxygen atoms in total. The first-order chi connectivity index (χ1) is 10.8. The van der Waals surface area contributed by atoms with Crippen molar-refractivity contribution in [2.24, 2.45) is 0 Å². The van der Waals surface area contributed by atoms with Crippen LogP contribution in [-0.2, 0) is 15.8 Å². The van der Waals surface area contributed by atoms with E-state index in [0.29, 0.717) is 21.4 Å². The molecule has 124 valence electrons. The van der Waals surface area contributed by atoms with Gasteiger partial charge in [-0.25, -0.2) is 13.1 Å². The van der Waals surface area contributed by atoms with Crippen molar-refractivity contribution in [3.8, 4) is 5.75 Å². The molecule has 2 aromatic carbocycles. The number of ether oxygens (including phenoxy) is 1. The molecule has 2 aromatic rings. The van der Waals surface area contributed by atoms with Crippen LogP contribution in [0, 0.1) is 0 Å². The molecule has 0 spiro atoms. The van der Waals surface area contributed by atoms with Gasteiger partial charge in [0.15, 0.2) is 0 Å². The van der Waals surface area contributed by atoms with Crippen molar-refractivity contribution in [2.75, 3.05) is 7.11 Å². The number of nitrogens with one attached hydrogen (secondary N) is 1. The predicted octanol–water partition coefficient (Wildman–Crippen LogP) is 4.18. The van der Waals surface area contributed by atoms with Crippen molar-refractivity contribution in [1.29, 1.82) is 0 Å². The molecule has 0 aliphatic rings. The highest BCUT2D eigenvalue weighted by molar-refractivity contribution is 7.88. The molecule has 0 unspecified atom stereocenters. The lowest BCUT2D eigenvalue weighted by molar-refractivity contribution is 0.405. The zero-order valence-electron chi connectivity index (χ0n) is 12.7. The fraction of sp³-hybridized carbons (Fsp3) is 0.250. The Bertz CT molecular complexity index is 773. The van der Waals surface area contributed by atoms with Crippen LogP contribution in [0.3, 0.4) is 0 Å². The van der Waals surface area contributed by atoms with E-state index in [0.717, 1.165) is 5.56 Å². The Morgan fingerprint density at radius 3 is 2.30 bits per heavy atom. The maximum absolute atomic E-state index is 12.4. The van der Waals surface area contributed by atoms with Crippen LogP contribution < -0.4 is 9.46 Å². The van der Waals surface area contributed by atoms with Gasteiger partial charge in [0.2, 0.25) is 10.0 Å². The van der Waals surface area contributed by atoms with Crippen LogP contribution in [0.4, 0.5) is 0 Å². The average Bonchev–Trinajstić information content (AvgIpc) is 2.50. The van der Waals surface area contributed by atoms with E-state index in [1.165, 1.54) is 0 Å². The first-order valence-corrected chi connectivity index (χ1v) is 9.30. The highest BCUT2D eigenvalue weighted by Crippen LogP contribution is 2.28. The van der Waals surface area contributed by atoms with Gasteiger partial charge in [-0.2, -0.15) is 0 Å².